The molecule has 7 heteroatoms. The first-order valence-corrected chi connectivity index (χ1v) is 9.81. The molecule has 1 aliphatic heterocycles. The van der Waals surface area contributed by atoms with Gasteiger partial charge in [-0.15, -0.1) is 0 Å². The number of carboxylic acid groups (broad SMARTS) is 1. The van der Waals surface area contributed by atoms with E-state index < -0.39 is 16.0 Å². The number of aliphatic carboxylic acids is 1. The van der Waals surface area contributed by atoms with Crippen LogP contribution >= 0.6 is 11.6 Å². The van der Waals surface area contributed by atoms with Gasteiger partial charge < -0.3 is 5.11 Å². The van der Waals surface area contributed by atoms with E-state index in [2.05, 4.69) is 0 Å². The molecule has 0 saturated carbocycles. The van der Waals surface area contributed by atoms with Gasteiger partial charge in [-0.1, -0.05) is 23.7 Å². The molecule has 0 fully saturated rings. The molecule has 1 N–H and O–H groups in total. The van der Waals surface area contributed by atoms with Crippen LogP contribution in [0.2, 0.25) is 5.02 Å². The maximum Gasteiger partial charge on any atom is 0.303 e. The predicted molar refractivity (Wildman–Crippen MR) is 96.7 cm³/mol. The van der Waals surface area contributed by atoms with Gasteiger partial charge in [0, 0.05) is 18.0 Å². The van der Waals surface area contributed by atoms with E-state index in [0.717, 1.165) is 24.0 Å². The Balaban J connectivity index is 1.89. The Morgan fingerprint density at radius 3 is 2.56 bits per heavy atom. The highest BCUT2D eigenvalue weighted by molar-refractivity contribution is 7.92. The molecule has 0 aliphatic carbocycles. The maximum absolute atomic E-state index is 13.0. The Labute approximate surface area is 151 Å². The fourth-order valence-electron chi connectivity index (χ4n) is 2.99. The highest BCUT2D eigenvalue weighted by Crippen LogP contribution is 2.33. The molecule has 2 aromatic rings. The molecule has 0 aromatic heterocycles. The van der Waals surface area contributed by atoms with Gasteiger partial charge in [0.05, 0.1) is 10.6 Å². The molecule has 25 heavy (non-hydrogen) atoms. The molecular formula is C18H18ClNO4S. The van der Waals surface area contributed by atoms with Gasteiger partial charge in [0.2, 0.25) is 0 Å². The number of fused-ring (bicyclic) bond motifs is 1. The fourth-order valence-corrected chi connectivity index (χ4v) is 4.72. The van der Waals surface area contributed by atoms with Crippen molar-refractivity contribution in [1.29, 1.82) is 0 Å². The van der Waals surface area contributed by atoms with Crippen molar-refractivity contribution in [3.63, 3.8) is 0 Å². The number of carbonyl (C=O) groups is 1. The molecule has 1 aliphatic rings. The molecule has 2 aromatic carbocycles. The number of nitrogens with zero attached hydrogens (tertiary/aromatic N) is 1. The van der Waals surface area contributed by atoms with E-state index in [1.807, 2.05) is 6.07 Å². The third-order valence-electron chi connectivity index (χ3n) is 4.26. The minimum atomic E-state index is -3.66. The molecule has 0 bridgehead atoms. The highest BCUT2D eigenvalue weighted by atomic mass is 35.5. The standard InChI is InChI=1S/C18H18ClNO4S/c19-15-6-9-17-14(12-15)2-1-11-20(17)25(23,24)16-7-3-13(4-8-16)5-10-18(21)22/h3-4,6-9,12H,1-2,5,10-11H2,(H,21,22). The van der Waals surface area contributed by atoms with Crippen LogP contribution < -0.4 is 4.31 Å². The number of anilines is 1. The Morgan fingerprint density at radius 2 is 1.88 bits per heavy atom. The number of aryl methyl sites for hydroxylation is 2. The quantitative estimate of drug-likeness (QED) is 0.862. The van der Waals surface area contributed by atoms with E-state index in [1.165, 1.54) is 16.4 Å². The molecule has 0 radical (unpaired) electrons. The third-order valence-corrected chi connectivity index (χ3v) is 6.32. The monoisotopic (exact) mass is 379 g/mol. The first-order chi connectivity index (χ1) is 11.9. The summed E-state index contributed by atoms with van der Waals surface area (Å²) in [6, 6.07) is 11.7. The van der Waals surface area contributed by atoms with Gasteiger partial charge in [0.1, 0.15) is 0 Å². The summed E-state index contributed by atoms with van der Waals surface area (Å²) in [6.45, 7) is 0.428. The molecule has 1 heterocycles. The Hall–Kier alpha value is -2.05. The van der Waals surface area contributed by atoms with E-state index >= 15 is 0 Å². The van der Waals surface area contributed by atoms with Crippen LogP contribution in [0.25, 0.3) is 0 Å². The van der Waals surface area contributed by atoms with Gasteiger partial charge in [-0.25, -0.2) is 8.42 Å². The minimum Gasteiger partial charge on any atom is -0.481 e. The first-order valence-electron chi connectivity index (χ1n) is 8.00. The van der Waals surface area contributed by atoms with Crippen LogP contribution in [0.1, 0.15) is 24.0 Å². The summed E-state index contributed by atoms with van der Waals surface area (Å²) in [7, 11) is -3.66. The van der Waals surface area contributed by atoms with Crippen molar-refractivity contribution < 1.29 is 18.3 Å². The SMILES string of the molecule is O=C(O)CCc1ccc(S(=O)(=O)N2CCCc3cc(Cl)ccc32)cc1. The summed E-state index contributed by atoms with van der Waals surface area (Å²) in [5.41, 5.74) is 2.40. The molecule has 0 atom stereocenters. The third kappa shape index (κ3) is 3.80. The number of benzene rings is 2. The second-order valence-electron chi connectivity index (χ2n) is 5.99. The van der Waals surface area contributed by atoms with Crippen LogP contribution in [-0.2, 0) is 27.7 Å². The zero-order valence-corrected chi connectivity index (χ0v) is 15.1. The zero-order chi connectivity index (χ0) is 18.0. The molecule has 5 nitrogen and oxygen atoms in total. The molecule has 0 unspecified atom stereocenters. The number of hydrogen-bond acceptors (Lipinski definition) is 3. The van der Waals surface area contributed by atoms with E-state index in [9.17, 15) is 13.2 Å². The van der Waals surface area contributed by atoms with Crippen molar-refractivity contribution in [1.82, 2.24) is 0 Å². The van der Waals surface area contributed by atoms with Crippen LogP contribution in [0.4, 0.5) is 5.69 Å². The van der Waals surface area contributed by atoms with Crippen LogP contribution in [0.3, 0.4) is 0 Å². The van der Waals surface area contributed by atoms with Crippen molar-refractivity contribution in [2.45, 2.75) is 30.6 Å². The molecule has 0 saturated heterocycles. The smallest absolute Gasteiger partial charge is 0.303 e. The van der Waals surface area contributed by atoms with Gasteiger partial charge in [-0.2, -0.15) is 0 Å². The molecular weight excluding hydrogens is 362 g/mol. The largest absolute Gasteiger partial charge is 0.481 e. The highest BCUT2D eigenvalue weighted by Gasteiger charge is 2.29. The summed E-state index contributed by atoms with van der Waals surface area (Å²) in [4.78, 5) is 10.8. The summed E-state index contributed by atoms with van der Waals surface area (Å²) < 4.78 is 27.4. The van der Waals surface area contributed by atoms with Crippen LogP contribution in [0.5, 0.6) is 0 Å². The molecule has 0 spiro atoms. The Bertz CT molecular complexity index is 894. The summed E-state index contributed by atoms with van der Waals surface area (Å²) >= 11 is 6.02. The molecule has 3 rings (SSSR count). The lowest BCUT2D eigenvalue weighted by Crippen LogP contribution is -2.35. The normalized spacial score (nSPS) is 14.2. The number of rotatable bonds is 5. The molecule has 0 amide bonds. The topological polar surface area (TPSA) is 74.7 Å². The molecule has 132 valence electrons. The number of hydrogen-bond donors (Lipinski definition) is 1. The summed E-state index contributed by atoms with van der Waals surface area (Å²) in [5.74, 6) is -0.875. The maximum atomic E-state index is 13.0. The summed E-state index contributed by atoms with van der Waals surface area (Å²) in [6.07, 6.45) is 1.94. The van der Waals surface area contributed by atoms with E-state index in [0.29, 0.717) is 23.7 Å². The van der Waals surface area contributed by atoms with Gasteiger partial charge in [0.25, 0.3) is 10.0 Å². The van der Waals surface area contributed by atoms with Crippen molar-refractivity contribution in [3.05, 3.63) is 58.6 Å². The van der Waals surface area contributed by atoms with Crippen molar-refractivity contribution in [2.75, 3.05) is 10.8 Å². The van der Waals surface area contributed by atoms with E-state index in [1.54, 1.807) is 24.3 Å². The predicted octanol–water partition coefficient (Wildman–Crippen LogP) is 3.50. The van der Waals surface area contributed by atoms with Crippen LogP contribution in [0, 0.1) is 0 Å². The van der Waals surface area contributed by atoms with Crippen molar-refractivity contribution in [2.24, 2.45) is 0 Å². The number of carboxylic acids is 1. The van der Waals surface area contributed by atoms with E-state index in [-0.39, 0.29) is 11.3 Å². The van der Waals surface area contributed by atoms with E-state index in [4.69, 9.17) is 16.7 Å². The number of sulfonamides is 1. The second-order valence-corrected chi connectivity index (χ2v) is 8.29. The number of halogens is 1. The first kappa shape index (κ1) is 17.8. The van der Waals surface area contributed by atoms with Crippen LogP contribution in [-0.4, -0.2) is 26.0 Å². The average Bonchev–Trinajstić information content (AvgIpc) is 2.59. The van der Waals surface area contributed by atoms with Gasteiger partial charge in [-0.05, 0) is 60.7 Å². The van der Waals surface area contributed by atoms with Crippen molar-refractivity contribution in [3.8, 4) is 0 Å². The van der Waals surface area contributed by atoms with Crippen LogP contribution in [0.15, 0.2) is 47.4 Å². The minimum absolute atomic E-state index is 0.0202. The average molecular weight is 380 g/mol. The van der Waals surface area contributed by atoms with Crippen molar-refractivity contribution >= 4 is 33.3 Å². The Morgan fingerprint density at radius 1 is 1.16 bits per heavy atom. The lowest BCUT2D eigenvalue weighted by Gasteiger charge is -2.30. The fraction of sp³-hybridized carbons (Fsp3) is 0.278. The van der Waals surface area contributed by atoms with Gasteiger partial charge in [0.15, 0.2) is 0 Å². The zero-order valence-electron chi connectivity index (χ0n) is 13.5. The van der Waals surface area contributed by atoms with Gasteiger partial charge in [-0.3, -0.25) is 9.10 Å². The lowest BCUT2D eigenvalue weighted by molar-refractivity contribution is -0.136. The lowest BCUT2D eigenvalue weighted by atomic mass is 10.0. The second kappa shape index (κ2) is 7.06. The van der Waals surface area contributed by atoms with Gasteiger partial charge >= 0.3 is 5.97 Å². The Kier molecular flexibility index (Phi) is 5.01. The summed E-state index contributed by atoms with van der Waals surface area (Å²) in [5, 5.41) is 9.33.